The largest absolute Gasteiger partial charge is 0.311 e. The molecule has 2 aliphatic rings. The van der Waals surface area contributed by atoms with Crippen LogP contribution in [-0.2, 0) is 10.8 Å². The lowest BCUT2D eigenvalue weighted by atomic mass is 9.33. The second-order valence-electron chi connectivity index (χ2n) is 13.7. The van der Waals surface area contributed by atoms with Crippen molar-refractivity contribution < 1.29 is 5.48 Å². The number of anilines is 6. The first-order valence-corrected chi connectivity index (χ1v) is 14.8. The van der Waals surface area contributed by atoms with Crippen LogP contribution in [-0.4, -0.2) is 6.71 Å². The number of nitrogens with zero attached hydrogens (tertiary/aromatic N) is 2. The van der Waals surface area contributed by atoms with Gasteiger partial charge in [0.15, 0.2) is 0 Å². The van der Waals surface area contributed by atoms with Crippen molar-refractivity contribution in [3.05, 3.63) is 126 Å². The van der Waals surface area contributed by atoms with Crippen LogP contribution in [0.15, 0.2) is 109 Å². The maximum atomic E-state index is 9.36. The van der Waals surface area contributed by atoms with Gasteiger partial charge in [0, 0.05) is 34.1 Å². The second kappa shape index (κ2) is 9.39. The van der Waals surface area contributed by atoms with Crippen LogP contribution in [0.4, 0.5) is 34.1 Å². The van der Waals surface area contributed by atoms with E-state index in [0.717, 1.165) is 44.9 Å². The Morgan fingerprint density at radius 1 is 0.571 bits per heavy atom. The van der Waals surface area contributed by atoms with Crippen molar-refractivity contribution in [3.8, 4) is 0 Å². The predicted octanol–water partition coefficient (Wildman–Crippen LogP) is 8.67. The fourth-order valence-corrected chi connectivity index (χ4v) is 6.52. The van der Waals surface area contributed by atoms with Gasteiger partial charge in [-0.1, -0.05) is 102 Å². The summed E-state index contributed by atoms with van der Waals surface area (Å²) in [6, 6.07) is 29.4. The summed E-state index contributed by atoms with van der Waals surface area (Å²) in [5, 5.41) is 0. The van der Waals surface area contributed by atoms with Crippen molar-refractivity contribution in [1.29, 1.82) is 0 Å². The molecule has 0 bridgehead atoms. The van der Waals surface area contributed by atoms with Gasteiger partial charge in [0.05, 0.1) is 5.48 Å². The van der Waals surface area contributed by atoms with E-state index in [1.165, 1.54) is 11.1 Å². The zero-order valence-corrected chi connectivity index (χ0v) is 25.6. The van der Waals surface area contributed by atoms with Gasteiger partial charge in [-0.15, -0.1) is 0 Å². The van der Waals surface area contributed by atoms with Gasteiger partial charge in [-0.2, -0.15) is 0 Å². The summed E-state index contributed by atoms with van der Waals surface area (Å²) >= 11 is 0. The number of para-hydroxylation sites is 2. The predicted molar refractivity (Wildman–Crippen MR) is 183 cm³/mol. The molecule has 0 amide bonds. The van der Waals surface area contributed by atoms with Crippen molar-refractivity contribution >= 4 is 57.2 Å². The van der Waals surface area contributed by atoms with Gasteiger partial charge >= 0.3 is 0 Å². The molecule has 5 aromatic carbocycles. The van der Waals surface area contributed by atoms with Crippen LogP contribution in [0.25, 0.3) is 0 Å². The third-order valence-electron chi connectivity index (χ3n) is 8.71. The first-order valence-electron chi connectivity index (χ1n) is 16.8. The average Bonchev–Trinajstić information content (AvgIpc) is 3.01. The van der Waals surface area contributed by atoms with Crippen LogP contribution in [0.3, 0.4) is 0 Å². The summed E-state index contributed by atoms with van der Waals surface area (Å²) in [5.74, 6) is 0. The van der Waals surface area contributed by atoms with E-state index >= 15 is 0 Å². The molecule has 0 aromatic heterocycles. The van der Waals surface area contributed by atoms with Crippen molar-refractivity contribution in [3.63, 3.8) is 0 Å². The Bertz CT molecular complexity index is 2030. The fraction of sp³-hybridized carbons (Fsp3) is 0.231. The minimum atomic E-state index is -0.385. The van der Waals surface area contributed by atoms with Crippen molar-refractivity contribution in [2.45, 2.75) is 59.3 Å². The van der Waals surface area contributed by atoms with Gasteiger partial charge < -0.3 is 9.80 Å². The minimum absolute atomic E-state index is 0.00852. The highest BCUT2D eigenvalue weighted by Gasteiger charge is 2.43. The molecule has 2 heterocycles. The zero-order chi connectivity index (χ0) is 32.9. The standard InChI is InChI=1S/C39H39BN2/c1-26-23-35-37-36(24-26)42(30-20-17-27(18-21-30)38(2,3)4)34-22-19-28(39(5,6)7)25-32(34)40(37)31-15-11-12-16-33(31)41(35)29-13-9-8-10-14-29/h8-25H,1-7H3/i11D,12D,15D,16D. The van der Waals surface area contributed by atoms with E-state index in [-0.39, 0.29) is 41.7 Å². The van der Waals surface area contributed by atoms with E-state index in [4.69, 9.17) is 2.74 Å². The molecular formula is C39H39BN2. The third kappa shape index (κ3) is 4.17. The topological polar surface area (TPSA) is 6.48 Å². The van der Waals surface area contributed by atoms with Crippen LogP contribution in [0.2, 0.25) is 0 Å². The molecule has 0 unspecified atom stereocenters. The van der Waals surface area contributed by atoms with Crippen LogP contribution in [0.5, 0.6) is 0 Å². The highest BCUT2D eigenvalue weighted by Crippen LogP contribution is 2.45. The summed E-state index contributed by atoms with van der Waals surface area (Å²) in [5.41, 5.74) is 11.5. The SMILES string of the molecule is [2H]c1c([2H])c([2H])c2c(c1[2H])B1c3cc(C(C)(C)C)ccc3N(c3ccc(C(C)(C)C)cc3)c3cc(C)cc(c31)N2c1ccccc1. The molecule has 0 aliphatic carbocycles. The van der Waals surface area contributed by atoms with Crippen LogP contribution >= 0.6 is 0 Å². The number of hydrogen-bond acceptors (Lipinski definition) is 2. The number of benzene rings is 5. The lowest BCUT2D eigenvalue weighted by Crippen LogP contribution is -2.61. The first kappa shape index (κ1) is 22.4. The van der Waals surface area contributed by atoms with Crippen molar-refractivity contribution in [2.24, 2.45) is 0 Å². The van der Waals surface area contributed by atoms with Gasteiger partial charge in [-0.3, -0.25) is 0 Å². The summed E-state index contributed by atoms with van der Waals surface area (Å²) in [7, 11) is 0. The quantitative estimate of drug-likeness (QED) is 0.199. The van der Waals surface area contributed by atoms with Crippen LogP contribution in [0.1, 0.15) is 63.7 Å². The molecule has 42 heavy (non-hydrogen) atoms. The summed E-state index contributed by atoms with van der Waals surface area (Å²) in [4.78, 5) is 4.39. The number of aryl methyl sites for hydroxylation is 1. The van der Waals surface area contributed by atoms with E-state index < -0.39 is 0 Å². The molecular weight excluding hydrogens is 507 g/mol. The Kier molecular flexibility index (Phi) is 5.00. The Morgan fingerprint density at radius 3 is 1.79 bits per heavy atom. The Morgan fingerprint density at radius 2 is 1.14 bits per heavy atom. The summed E-state index contributed by atoms with van der Waals surface area (Å²) in [6.07, 6.45) is 0. The average molecular weight is 551 g/mol. The van der Waals surface area contributed by atoms with E-state index in [1.54, 1.807) is 0 Å². The van der Waals surface area contributed by atoms with E-state index in [9.17, 15) is 2.74 Å². The molecule has 2 nitrogen and oxygen atoms in total. The van der Waals surface area contributed by atoms with Crippen molar-refractivity contribution in [2.75, 3.05) is 9.80 Å². The molecule has 0 atom stereocenters. The zero-order valence-electron chi connectivity index (χ0n) is 29.6. The molecule has 0 spiro atoms. The molecule has 0 saturated heterocycles. The molecule has 7 rings (SSSR count). The molecule has 0 N–H and O–H groups in total. The first-order chi connectivity index (χ1) is 21.7. The molecule has 0 fully saturated rings. The molecule has 0 saturated carbocycles. The molecule has 0 radical (unpaired) electrons. The van der Waals surface area contributed by atoms with Gasteiger partial charge in [0.25, 0.3) is 6.71 Å². The van der Waals surface area contributed by atoms with Crippen LogP contribution < -0.4 is 26.2 Å². The van der Waals surface area contributed by atoms with E-state index in [0.29, 0.717) is 11.2 Å². The highest BCUT2D eigenvalue weighted by atomic mass is 15.2. The fourth-order valence-electron chi connectivity index (χ4n) is 6.52. The Balaban J connectivity index is 1.63. The third-order valence-corrected chi connectivity index (χ3v) is 8.71. The van der Waals surface area contributed by atoms with E-state index in [2.05, 4.69) is 113 Å². The normalized spacial score (nSPS) is 15.3. The van der Waals surface area contributed by atoms with Gasteiger partial charge in [-0.05, 0) is 99.3 Å². The molecule has 3 heteroatoms. The summed E-state index contributed by atoms with van der Waals surface area (Å²) in [6.45, 7) is 15.0. The Labute approximate surface area is 257 Å². The summed E-state index contributed by atoms with van der Waals surface area (Å²) < 4.78 is 36.1. The monoisotopic (exact) mass is 550 g/mol. The minimum Gasteiger partial charge on any atom is -0.311 e. The lowest BCUT2D eigenvalue weighted by Gasteiger charge is -2.44. The maximum absolute atomic E-state index is 9.36. The van der Waals surface area contributed by atoms with Gasteiger partial charge in [0.1, 0.15) is 0 Å². The smallest absolute Gasteiger partial charge is 0.252 e. The highest BCUT2D eigenvalue weighted by molar-refractivity contribution is 7.00. The van der Waals surface area contributed by atoms with Gasteiger partial charge in [-0.25, -0.2) is 0 Å². The molecule has 5 aromatic rings. The Hall–Kier alpha value is -4.24. The molecule has 2 aliphatic heterocycles. The second-order valence-corrected chi connectivity index (χ2v) is 13.7. The number of fused-ring (bicyclic) bond motifs is 4. The molecule has 208 valence electrons. The number of hydrogen-bond donors (Lipinski definition) is 0. The number of rotatable bonds is 2. The van der Waals surface area contributed by atoms with Crippen molar-refractivity contribution in [1.82, 2.24) is 0 Å². The van der Waals surface area contributed by atoms with E-state index in [1.807, 2.05) is 30.3 Å². The van der Waals surface area contributed by atoms with Gasteiger partial charge in [0.2, 0.25) is 0 Å². The van der Waals surface area contributed by atoms with Crippen LogP contribution in [0, 0.1) is 6.92 Å². The maximum Gasteiger partial charge on any atom is 0.252 e. The lowest BCUT2D eigenvalue weighted by molar-refractivity contribution is 0.590.